The normalized spacial score (nSPS) is 20.5. The highest BCUT2D eigenvalue weighted by Crippen LogP contribution is 2.21. The van der Waals surface area contributed by atoms with Crippen molar-refractivity contribution in [2.75, 3.05) is 26.2 Å². The molecule has 2 N–H and O–H groups in total. The molecule has 2 saturated heterocycles. The number of likely N-dealkylation sites (tertiary alicyclic amines) is 2. The molecule has 166 valence electrons. The summed E-state index contributed by atoms with van der Waals surface area (Å²) in [7, 11) is 0. The number of nitrogens with zero attached hydrogens (tertiary/aromatic N) is 2. The largest absolute Gasteiger partial charge is 0.393 e. The highest BCUT2D eigenvalue weighted by molar-refractivity contribution is 7.12. The minimum absolute atomic E-state index is 0.0274. The third-order valence-electron chi connectivity index (χ3n) is 6.26. The zero-order valence-corrected chi connectivity index (χ0v) is 18.7. The first-order valence-corrected chi connectivity index (χ1v) is 12.0. The molecule has 2 fully saturated rings. The van der Waals surface area contributed by atoms with E-state index in [4.69, 9.17) is 0 Å². The van der Waals surface area contributed by atoms with Gasteiger partial charge in [0.25, 0.3) is 5.91 Å². The lowest BCUT2D eigenvalue weighted by molar-refractivity contribution is -0.126. The first kappa shape index (κ1) is 22.0. The predicted molar refractivity (Wildman–Crippen MR) is 122 cm³/mol. The average molecular weight is 442 g/mol. The van der Waals surface area contributed by atoms with Crippen molar-refractivity contribution >= 4 is 23.2 Å². The molecule has 0 spiro atoms. The zero-order valence-electron chi connectivity index (χ0n) is 17.8. The van der Waals surface area contributed by atoms with E-state index in [2.05, 4.69) is 34.5 Å². The van der Waals surface area contributed by atoms with E-state index in [-0.39, 0.29) is 23.8 Å². The van der Waals surface area contributed by atoms with Gasteiger partial charge in [0.2, 0.25) is 5.91 Å². The van der Waals surface area contributed by atoms with E-state index >= 15 is 0 Å². The quantitative estimate of drug-likeness (QED) is 0.723. The Balaban J connectivity index is 1.24. The van der Waals surface area contributed by atoms with Gasteiger partial charge in [0.15, 0.2) is 0 Å². The summed E-state index contributed by atoms with van der Waals surface area (Å²) in [5.41, 5.74) is 2.33. The SMILES string of the molecule is O=C(NCc1ccc(CN2CCC(O)CC2)cc1)C1CCCN(C(=O)c2cccs2)C1. The van der Waals surface area contributed by atoms with Gasteiger partial charge in [-0.2, -0.15) is 0 Å². The molecule has 0 radical (unpaired) electrons. The molecule has 2 aliphatic rings. The Morgan fingerprint density at radius 1 is 1.03 bits per heavy atom. The lowest BCUT2D eigenvalue weighted by Gasteiger charge is -2.31. The summed E-state index contributed by atoms with van der Waals surface area (Å²) in [6.07, 6.45) is 3.23. The van der Waals surface area contributed by atoms with Gasteiger partial charge in [0, 0.05) is 39.3 Å². The highest BCUT2D eigenvalue weighted by atomic mass is 32.1. The summed E-state index contributed by atoms with van der Waals surface area (Å²) in [4.78, 5) is 30.2. The number of hydrogen-bond acceptors (Lipinski definition) is 5. The molecule has 0 bridgehead atoms. The van der Waals surface area contributed by atoms with Crippen molar-refractivity contribution in [3.8, 4) is 0 Å². The molecule has 2 aromatic rings. The summed E-state index contributed by atoms with van der Waals surface area (Å²) in [5.74, 6) is -0.0858. The van der Waals surface area contributed by atoms with Crippen LogP contribution in [0, 0.1) is 5.92 Å². The molecular formula is C24H31N3O3S. The minimum atomic E-state index is -0.147. The zero-order chi connectivity index (χ0) is 21.6. The third-order valence-corrected chi connectivity index (χ3v) is 7.12. The Labute approximate surface area is 187 Å². The fourth-order valence-corrected chi connectivity index (χ4v) is 5.05. The van der Waals surface area contributed by atoms with E-state index in [9.17, 15) is 14.7 Å². The maximum atomic E-state index is 12.7. The molecular weight excluding hydrogens is 410 g/mol. The van der Waals surface area contributed by atoms with Crippen LogP contribution in [0.25, 0.3) is 0 Å². The van der Waals surface area contributed by atoms with Gasteiger partial charge in [-0.3, -0.25) is 14.5 Å². The number of hydrogen-bond donors (Lipinski definition) is 2. The van der Waals surface area contributed by atoms with Crippen molar-refractivity contribution in [2.45, 2.75) is 44.9 Å². The third kappa shape index (κ3) is 5.93. The fraction of sp³-hybridized carbons (Fsp3) is 0.500. The predicted octanol–water partition coefficient (Wildman–Crippen LogP) is 2.87. The first-order valence-electron chi connectivity index (χ1n) is 11.2. The Morgan fingerprint density at radius 2 is 1.77 bits per heavy atom. The van der Waals surface area contributed by atoms with Gasteiger partial charge in [-0.15, -0.1) is 11.3 Å². The number of amides is 2. The van der Waals surface area contributed by atoms with E-state index in [1.54, 1.807) is 0 Å². The second-order valence-corrected chi connectivity index (χ2v) is 9.56. The maximum absolute atomic E-state index is 12.7. The summed E-state index contributed by atoms with van der Waals surface area (Å²) in [5, 5.41) is 14.6. The van der Waals surface area contributed by atoms with E-state index < -0.39 is 0 Å². The first-order chi connectivity index (χ1) is 15.1. The number of nitrogens with one attached hydrogen (secondary N) is 1. The van der Waals surface area contributed by atoms with Crippen LogP contribution in [-0.2, 0) is 17.9 Å². The van der Waals surface area contributed by atoms with Gasteiger partial charge in [-0.05, 0) is 48.3 Å². The Morgan fingerprint density at radius 3 is 2.48 bits per heavy atom. The molecule has 1 aromatic heterocycles. The molecule has 3 heterocycles. The molecule has 4 rings (SSSR count). The molecule has 1 atom stereocenters. The number of piperidine rings is 2. The van der Waals surface area contributed by atoms with E-state index in [1.165, 1.54) is 16.9 Å². The molecule has 0 aliphatic carbocycles. The Kier molecular flexibility index (Phi) is 7.37. The monoisotopic (exact) mass is 441 g/mol. The summed E-state index contributed by atoms with van der Waals surface area (Å²) in [6, 6.07) is 12.1. The Bertz CT molecular complexity index is 861. The van der Waals surface area contributed by atoms with Gasteiger partial charge >= 0.3 is 0 Å². The van der Waals surface area contributed by atoms with Gasteiger partial charge < -0.3 is 15.3 Å². The Hall–Kier alpha value is -2.22. The topological polar surface area (TPSA) is 72.9 Å². The molecule has 2 aliphatic heterocycles. The van der Waals surface area contributed by atoms with Gasteiger partial charge in [-0.25, -0.2) is 0 Å². The van der Waals surface area contributed by atoms with Gasteiger partial charge in [0.05, 0.1) is 16.9 Å². The maximum Gasteiger partial charge on any atom is 0.263 e. The molecule has 1 unspecified atom stereocenters. The van der Waals surface area contributed by atoms with Crippen LogP contribution < -0.4 is 5.32 Å². The molecule has 0 saturated carbocycles. The van der Waals surface area contributed by atoms with Crippen LogP contribution in [0.5, 0.6) is 0 Å². The van der Waals surface area contributed by atoms with Crippen molar-refractivity contribution in [3.63, 3.8) is 0 Å². The van der Waals surface area contributed by atoms with Crippen molar-refractivity contribution in [2.24, 2.45) is 5.92 Å². The molecule has 2 amide bonds. The van der Waals surface area contributed by atoms with Crippen molar-refractivity contribution in [1.82, 2.24) is 15.1 Å². The highest BCUT2D eigenvalue weighted by Gasteiger charge is 2.29. The number of thiophene rings is 1. The lowest BCUT2D eigenvalue weighted by Crippen LogP contribution is -2.45. The van der Waals surface area contributed by atoms with Crippen LogP contribution in [0.3, 0.4) is 0 Å². The van der Waals surface area contributed by atoms with E-state index in [0.29, 0.717) is 13.1 Å². The summed E-state index contributed by atoms with van der Waals surface area (Å²) >= 11 is 1.45. The van der Waals surface area contributed by atoms with Crippen LogP contribution in [0.2, 0.25) is 0 Å². The number of aliphatic hydroxyl groups excluding tert-OH is 1. The van der Waals surface area contributed by atoms with Crippen molar-refractivity contribution < 1.29 is 14.7 Å². The van der Waals surface area contributed by atoms with Gasteiger partial charge in [-0.1, -0.05) is 30.3 Å². The molecule has 7 heteroatoms. The van der Waals surface area contributed by atoms with Crippen LogP contribution in [0.4, 0.5) is 0 Å². The molecule has 6 nitrogen and oxygen atoms in total. The number of carbonyl (C=O) groups excluding carboxylic acids is 2. The number of aliphatic hydroxyl groups is 1. The molecule has 31 heavy (non-hydrogen) atoms. The molecule has 1 aromatic carbocycles. The summed E-state index contributed by atoms with van der Waals surface area (Å²) < 4.78 is 0. The second-order valence-electron chi connectivity index (χ2n) is 8.61. The van der Waals surface area contributed by atoms with Crippen molar-refractivity contribution in [1.29, 1.82) is 0 Å². The van der Waals surface area contributed by atoms with E-state index in [0.717, 1.165) is 62.3 Å². The van der Waals surface area contributed by atoms with Crippen LogP contribution in [0.1, 0.15) is 46.5 Å². The van der Waals surface area contributed by atoms with Crippen LogP contribution in [0.15, 0.2) is 41.8 Å². The lowest BCUT2D eigenvalue weighted by atomic mass is 9.97. The standard InChI is InChI=1S/C24H31N3O3S/c28-21-9-12-26(13-10-21)16-19-7-5-18(6-8-19)15-25-23(29)20-3-1-11-27(17-20)24(30)22-4-2-14-31-22/h2,4-8,14,20-21,28H,1,3,9-13,15-17H2,(H,25,29). The summed E-state index contributed by atoms with van der Waals surface area (Å²) in [6.45, 7) is 4.49. The van der Waals surface area contributed by atoms with Crippen LogP contribution in [-0.4, -0.2) is 59.0 Å². The number of carbonyl (C=O) groups is 2. The van der Waals surface area contributed by atoms with E-state index in [1.807, 2.05) is 22.4 Å². The smallest absolute Gasteiger partial charge is 0.263 e. The average Bonchev–Trinajstić information content (AvgIpc) is 3.34. The van der Waals surface area contributed by atoms with Crippen molar-refractivity contribution in [3.05, 3.63) is 57.8 Å². The minimum Gasteiger partial charge on any atom is -0.393 e. The number of benzene rings is 1. The van der Waals surface area contributed by atoms with Crippen LogP contribution >= 0.6 is 11.3 Å². The number of rotatable bonds is 6. The second kappa shape index (κ2) is 10.4. The fourth-order valence-electron chi connectivity index (χ4n) is 4.36. The van der Waals surface area contributed by atoms with Gasteiger partial charge in [0.1, 0.15) is 0 Å².